The molecule has 0 spiro atoms. The summed E-state index contributed by atoms with van der Waals surface area (Å²) in [6.45, 7) is -0.275. The van der Waals surface area contributed by atoms with Crippen molar-refractivity contribution in [3.8, 4) is 0 Å². The zero-order valence-corrected chi connectivity index (χ0v) is 20.1. The predicted molar refractivity (Wildman–Crippen MR) is 120 cm³/mol. The quantitative estimate of drug-likeness (QED) is 0.447. The fourth-order valence-electron chi connectivity index (χ4n) is 5.18. The minimum absolute atomic E-state index is 0.0165. The van der Waals surface area contributed by atoms with Crippen LogP contribution in [0.2, 0.25) is 0 Å². The maximum Gasteiger partial charge on any atom is 0.419 e. The van der Waals surface area contributed by atoms with Crippen LogP contribution in [-0.4, -0.2) is 50.6 Å². The molecule has 0 unspecified atom stereocenters. The SMILES string of the molecule is Cn1ncc(C(F)(F)F)c1C1CC(OC(=O)NCc2ccc3c(c2F)C(=O)N([C@H]2CCC(=O)NC2=O)C3)C1. The second kappa shape index (κ2) is 9.40. The van der Waals surface area contributed by atoms with Crippen LogP contribution in [0.25, 0.3) is 0 Å². The van der Waals surface area contributed by atoms with E-state index in [1.54, 1.807) is 0 Å². The van der Waals surface area contributed by atoms with E-state index in [-0.39, 0.29) is 55.6 Å². The number of benzene rings is 1. The van der Waals surface area contributed by atoms with Crippen molar-refractivity contribution in [2.45, 2.75) is 63.0 Å². The van der Waals surface area contributed by atoms with Gasteiger partial charge in [-0.05, 0) is 24.8 Å². The number of nitrogens with zero attached hydrogens (tertiary/aromatic N) is 3. The molecule has 2 aliphatic heterocycles. The molecular weight excluding hydrogens is 514 g/mol. The first-order valence-electron chi connectivity index (χ1n) is 11.9. The number of hydrogen-bond acceptors (Lipinski definition) is 6. The van der Waals surface area contributed by atoms with Crippen LogP contribution in [0.1, 0.15) is 64.3 Å². The second-order valence-electron chi connectivity index (χ2n) is 9.59. The molecule has 2 N–H and O–H groups in total. The third kappa shape index (κ3) is 4.58. The lowest BCUT2D eigenvalue weighted by atomic mass is 9.78. The first-order chi connectivity index (χ1) is 17.9. The molecule has 1 aromatic heterocycles. The summed E-state index contributed by atoms with van der Waals surface area (Å²) in [7, 11) is 1.42. The molecule has 2 aromatic rings. The number of halogens is 4. The average Bonchev–Trinajstić information content (AvgIpc) is 3.36. The number of carbonyl (C=O) groups is 4. The summed E-state index contributed by atoms with van der Waals surface area (Å²) < 4.78 is 61.2. The van der Waals surface area contributed by atoms with Gasteiger partial charge in [-0.15, -0.1) is 0 Å². The van der Waals surface area contributed by atoms with E-state index in [1.165, 1.54) is 28.8 Å². The Labute approximate surface area is 213 Å². The number of aromatic nitrogens is 2. The van der Waals surface area contributed by atoms with E-state index in [0.29, 0.717) is 5.56 Å². The molecule has 3 heterocycles. The van der Waals surface area contributed by atoms with Gasteiger partial charge in [0, 0.05) is 38.0 Å². The molecule has 4 amide bonds. The van der Waals surface area contributed by atoms with E-state index < -0.39 is 59.4 Å². The molecule has 0 radical (unpaired) electrons. The van der Waals surface area contributed by atoms with Gasteiger partial charge in [0.25, 0.3) is 5.91 Å². The van der Waals surface area contributed by atoms with Gasteiger partial charge in [-0.2, -0.15) is 18.3 Å². The van der Waals surface area contributed by atoms with Gasteiger partial charge in [0.2, 0.25) is 11.8 Å². The van der Waals surface area contributed by atoms with Crippen LogP contribution >= 0.6 is 0 Å². The smallest absolute Gasteiger partial charge is 0.419 e. The molecule has 0 bridgehead atoms. The number of alkyl halides is 3. The number of aryl methyl sites for hydroxylation is 1. The van der Waals surface area contributed by atoms with Crippen molar-refractivity contribution < 1.29 is 41.5 Å². The number of alkyl carbamates (subject to hydrolysis) is 1. The predicted octanol–water partition coefficient (Wildman–Crippen LogP) is 2.51. The molecule has 1 saturated heterocycles. The Hall–Kier alpha value is -3.97. The van der Waals surface area contributed by atoms with Crippen LogP contribution in [-0.2, 0) is 40.6 Å². The monoisotopic (exact) mass is 537 g/mol. The van der Waals surface area contributed by atoms with E-state index >= 15 is 4.39 Å². The zero-order valence-electron chi connectivity index (χ0n) is 20.1. The summed E-state index contributed by atoms with van der Waals surface area (Å²) in [5.41, 5.74) is -0.562. The van der Waals surface area contributed by atoms with Gasteiger partial charge in [-0.3, -0.25) is 24.4 Å². The van der Waals surface area contributed by atoms with Crippen LogP contribution in [0.3, 0.4) is 0 Å². The van der Waals surface area contributed by atoms with Gasteiger partial charge < -0.3 is 15.0 Å². The lowest BCUT2D eigenvalue weighted by molar-refractivity contribution is -0.139. The summed E-state index contributed by atoms with van der Waals surface area (Å²) in [4.78, 5) is 49.9. The van der Waals surface area contributed by atoms with Gasteiger partial charge in [-0.25, -0.2) is 9.18 Å². The highest BCUT2D eigenvalue weighted by molar-refractivity contribution is 6.05. The summed E-state index contributed by atoms with van der Waals surface area (Å²) in [6.07, 6.45) is -4.64. The highest BCUT2D eigenvalue weighted by atomic mass is 19.4. The average molecular weight is 537 g/mol. The Kier molecular flexibility index (Phi) is 6.35. The minimum atomic E-state index is -4.53. The molecule has 3 aliphatic rings. The van der Waals surface area contributed by atoms with E-state index in [2.05, 4.69) is 15.7 Å². The number of ether oxygens (including phenoxy) is 1. The number of hydrogen-bond donors (Lipinski definition) is 2. The Morgan fingerprint density at radius 2 is 1.97 bits per heavy atom. The van der Waals surface area contributed by atoms with Crippen molar-refractivity contribution in [2.75, 3.05) is 0 Å². The third-order valence-electron chi connectivity index (χ3n) is 7.18. The normalized spacial score (nSPS) is 23.1. The zero-order chi connectivity index (χ0) is 27.4. The summed E-state index contributed by atoms with van der Waals surface area (Å²) in [5.74, 6) is -3.01. The van der Waals surface area contributed by atoms with Gasteiger partial charge in [0.15, 0.2) is 0 Å². The van der Waals surface area contributed by atoms with Crippen LogP contribution < -0.4 is 10.6 Å². The van der Waals surface area contributed by atoms with Crippen molar-refractivity contribution >= 4 is 23.8 Å². The molecular formula is C24H23F4N5O5. The number of imide groups is 1. The van der Waals surface area contributed by atoms with Crippen LogP contribution in [0.4, 0.5) is 22.4 Å². The first kappa shape index (κ1) is 25.7. The van der Waals surface area contributed by atoms with Crippen LogP contribution in [0.5, 0.6) is 0 Å². The Morgan fingerprint density at radius 1 is 1.24 bits per heavy atom. The summed E-state index contributed by atoms with van der Waals surface area (Å²) in [5, 5.41) is 8.27. The molecule has 10 nitrogen and oxygen atoms in total. The Bertz CT molecular complexity index is 1330. The number of piperidine rings is 1. The Morgan fingerprint density at radius 3 is 2.66 bits per heavy atom. The number of fused-ring (bicyclic) bond motifs is 1. The number of carbonyl (C=O) groups excluding carboxylic acids is 4. The largest absolute Gasteiger partial charge is 0.446 e. The molecule has 14 heteroatoms. The number of rotatable bonds is 5. The standard InChI is InChI=1S/C24H23F4N5O5/c1-32-20(15(9-30-32)24(26,27)28)13-6-14(7-13)38-23(37)29-8-11-2-3-12-10-33(22(36)18(12)19(11)25)16-4-5-17(34)31-21(16)35/h2-3,9,13-14,16H,4-8,10H2,1H3,(H,29,37)(H,31,34,35)/t13?,14?,16-/m0/s1. The fourth-order valence-corrected chi connectivity index (χ4v) is 5.18. The topological polar surface area (TPSA) is 123 Å². The lowest BCUT2D eigenvalue weighted by Gasteiger charge is -2.35. The molecule has 1 aromatic carbocycles. The van der Waals surface area contributed by atoms with Gasteiger partial charge in [0.1, 0.15) is 18.0 Å². The van der Waals surface area contributed by atoms with Crippen molar-refractivity contribution in [3.63, 3.8) is 0 Å². The molecule has 1 saturated carbocycles. The Balaban J connectivity index is 1.16. The second-order valence-corrected chi connectivity index (χ2v) is 9.59. The third-order valence-corrected chi connectivity index (χ3v) is 7.18. The van der Waals surface area contributed by atoms with E-state index in [0.717, 1.165) is 6.20 Å². The van der Waals surface area contributed by atoms with Gasteiger partial charge in [-0.1, -0.05) is 12.1 Å². The van der Waals surface area contributed by atoms with Gasteiger partial charge in [0.05, 0.1) is 23.0 Å². The molecule has 2 fully saturated rings. The molecule has 1 aliphatic carbocycles. The minimum Gasteiger partial charge on any atom is -0.446 e. The number of amides is 4. The van der Waals surface area contributed by atoms with E-state index in [4.69, 9.17) is 4.74 Å². The number of nitrogens with one attached hydrogen (secondary N) is 2. The molecule has 202 valence electrons. The van der Waals surface area contributed by atoms with Crippen molar-refractivity contribution in [3.05, 3.63) is 52.1 Å². The summed E-state index contributed by atoms with van der Waals surface area (Å²) >= 11 is 0. The highest BCUT2D eigenvalue weighted by Crippen LogP contribution is 2.44. The fraction of sp³-hybridized carbons (Fsp3) is 0.458. The van der Waals surface area contributed by atoms with Crippen LogP contribution in [0, 0.1) is 5.82 Å². The maximum absolute atomic E-state index is 15.2. The van der Waals surface area contributed by atoms with Gasteiger partial charge >= 0.3 is 12.3 Å². The van der Waals surface area contributed by atoms with Crippen LogP contribution in [0.15, 0.2) is 18.3 Å². The molecule has 38 heavy (non-hydrogen) atoms. The summed E-state index contributed by atoms with van der Waals surface area (Å²) in [6, 6.07) is 2.07. The van der Waals surface area contributed by atoms with E-state index in [1.807, 2.05) is 0 Å². The van der Waals surface area contributed by atoms with Crippen molar-refractivity contribution in [2.24, 2.45) is 7.05 Å². The van der Waals surface area contributed by atoms with E-state index in [9.17, 15) is 32.3 Å². The first-order valence-corrected chi connectivity index (χ1v) is 11.9. The van der Waals surface area contributed by atoms with Crippen molar-refractivity contribution in [1.29, 1.82) is 0 Å². The molecule has 5 rings (SSSR count). The molecule has 1 atom stereocenters. The lowest BCUT2D eigenvalue weighted by Crippen LogP contribution is -2.52. The maximum atomic E-state index is 15.2. The van der Waals surface area contributed by atoms with Crippen molar-refractivity contribution in [1.82, 2.24) is 25.3 Å². The highest BCUT2D eigenvalue weighted by Gasteiger charge is 2.43.